The van der Waals surface area contributed by atoms with Gasteiger partial charge >= 0.3 is 0 Å². The predicted octanol–water partition coefficient (Wildman–Crippen LogP) is 1.09. The Hall–Kier alpha value is -1.66. The molecule has 116 valence electrons. The number of rotatable bonds is 5. The van der Waals surface area contributed by atoms with E-state index in [0.29, 0.717) is 25.4 Å². The summed E-state index contributed by atoms with van der Waals surface area (Å²) in [5.74, 6) is -0.0118. The molecule has 0 radical (unpaired) electrons. The summed E-state index contributed by atoms with van der Waals surface area (Å²) >= 11 is 0. The number of carbonyl (C=O) groups is 1. The Bertz CT molecular complexity index is 484. The molecule has 3 atom stereocenters. The van der Waals surface area contributed by atoms with E-state index in [1.54, 1.807) is 12.1 Å². The topological polar surface area (TPSA) is 59.6 Å². The minimum absolute atomic E-state index is 0.114. The molecule has 2 N–H and O–H groups in total. The van der Waals surface area contributed by atoms with Crippen LogP contribution in [0.1, 0.15) is 13.8 Å². The molecule has 6 heteroatoms. The Morgan fingerprint density at radius 1 is 1.62 bits per heavy atom. The van der Waals surface area contributed by atoms with Crippen LogP contribution in [0.15, 0.2) is 24.3 Å². The van der Waals surface area contributed by atoms with Crippen molar-refractivity contribution in [3.8, 4) is 5.75 Å². The van der Waals surface area contributed by atoms with Crippen LogP contribution in [-0.4, -0.2) is 43.9 Å². The van der Waals surface area contributed by atoms with Gasteiger partial charge in [-0.3, -0.25) is 4.79 Å². The summed E-state index contributed by atoms with van der Waals surface area (Å²) in [5.41, 5.74) is 0. The first-order chi connectivity index (χ1) is 10.1. The van der Waals surface area contributed by atoms with Crippen molar-refractivity contribution in [1.29, 1.82) is 0 Å². The van der Waals surface area contributed by atoms with Gasteiger partial charge in [0.15, 0.2) is 0 Å². The van der Waals surface area contributed by atoms with E-state index in [9.17, 15) is 9.18 Å². The lowest BCUT2D eigenvalue weighted by Gasteiger charge is -2.29. The third-order valence-electron chi connectivity index (χ3n) is 3.30. The second kappa shape index (κ2) is 7.38. The highest BCUT2D eigenvalue weighted by atomic mass is 19.1. The molecular weight excluding hydrogens is 275 g/mol. The van der Waals surface area contributed by atoms with Crippen molar-refractivity contribution >= 4 is 5.91 Å². The van der Waals surface area contributed by atoms with Gasteiger partial charge in [-0.05, 0) is 26.0 Å². The highest BCUT2D eigenvalue weighted by Crippen LogP contribution is 2.13. The van der Waals surface area contributed by atoms with Crippen LogP contribution in [-0.2, 0) is 9.53 Å². The molecule has 1 amide bonds. The lowest BCUT2D eigenvalue weighted by atomic mass is 10.1. The van der Waals surface area contributed by atoms with E-state index in [1.807, 2.05) is 13.8 Å². The first-order valence-corrected chi connectivity index (χ1v) is 7.11. The van der Waals surface area contributed by atoms with E-state index in [1.165, 1.54) is 12.1 Å². The molecule has 0 spiro atoms. The second-order valence-electron chi connectivity index (χ2n) is 5.14. The van der Waals surface area contributed by atoms with Crippen molar-refractivity contribution in [3.63, 3.8) is 0 Å². The Morgan fingerprint density at radius 2 is 2.43 bits per heavy atom. The van der Waals surface area contributed by atoms with Crippen molar-refractivity contribution in [2.24, 2.45) is 0 Å². The zero-order chi connectivity index (χ0) is 15.2. The van der Waals surface area contributed by atoms with E-state index in [4.69, 9.17) is 9.47 Å². The molecule has 1 aromatic carbocycles. The van der Waals surface area contributed by atoms with Crippen molar-refractivity contribution in [2.45, 2.75) is 32.1 Å². The summed E-state index contributed by atoms with van der Waals surface area (Å²) in [5, 5.41) is 5.94. The summed E-state index contributed by atoms with van der Waals surface area (Å²) in [4.78, 5) is 12.1. The maximum atomic E-state index is 13.0. The van der Waals surface area contributed by atoms with Gasteiger partial charge in [0.1, 0.15) is 23.7 Å². The van der Waals surface area contributed by atoms with Gasteiger partial charge in [0, 0.05) is 12.6 Å². The van der Waals surface area contributed by atoms with Crippen molar-refractivity contribution in [1.82, 2.24) is 10.6 Å². The highest BCUT2D eigenvalue weighted by Gasteiger charge is 2.28. The van der Waals surface area contributed by atoms with Gasteiger partial charge in [0.05, 0.1) is 19.3 Å². The smallest absolute Gasteiger partial charge is 0.239 e. The number of nitrogens with one attached hydrogen (secondary N) is 2. The van der Waals surface area contributed by atoms with Gasteiger partial charge in [-0.1, -0.05) is 6.07 Å². The molecule has 1 unspecified atom stereocenters. The van der Waals surface area contributed by atoms with E-state index in [2.05, 4.69) is 10.6 Å². The van der Waals surface area contributed by atoms with Gasteiger partial charge in [0.25, 0.3) is 0 Å². The molecule has 1 aliphatic rings. The molecule has 1 fully saturated rings. The first kappa shape index (κ1) is 15.7. The standard InChI is InChI=1S/C15H21FN2O3/c1-10(21-13-5-3-4-12(16)8-13)9-18-15(19)14-11(2)20-7-6-17-14/h3-5,8,10-11,14,17H,6-7,9H2,1-2H3,(H,18,19)/t10?,11-,14+/m1/s1. The van der Waals surface area contributed by atoms with E-state index in [0.717, 1.165) is 0 Å². The maximum absolute atomic E-state index is 13.0. The Labute approximate surface area is 123 Å². The average molecular weight is 296 g/mol. The van der Waals surface area contributed by atoms with Gasteiger partial charge in [-0.15, -0.1) is 0 Å². The second-order valence-corrected chi connectivity index (χ2v) is 5.14. The van der Waals surface area contributed by atoms with Crippen LogP contribution in [0.3, 0.4) is 0 Å². The number of ether oxygens (including phenoxy) is 2. The largest absolute Gasteiger partial charge is 0.489 e. The fraction of sp³-hybridized carbons (Fsp3) is 0.533. The fourth-order valence-corrected chi connectivity index (χ4v) is 2.20. The van der Waals surface area contributed by atoms with Gasteiger partial charge in [0.2, 0.25) is 5.91 Å². The summed E-state index contributed by atoms with van der Waals surface area (Å²) in [6.45, 7) is 5.31. The zero-order valence-electron chi connectivity index (χ0n) is 12.3. The van der Waals surface area contributed by atoms with Gasteiger partial charge in [-0.2, -0.15) is 0 Å². The molecule has 2 rings (SSSR count). The Morgan fingerprint density at radius 3 is 3.14 bits per heavy atom. The molecule has 5 nitrogen and oxygen atoms in total. The molecule has 1 aromatic rings. The zero-order valence-corrected chi connectivity index (χ0v) is 12.3. The Kier molecular flexibility index (Phi) is 5.52. The number of carbonyl (C=O) groups excluding carboxylic acids is 1. The van der Waals surface area contributed by atoms with Crippen LogP contribution in [0, 0.1) is 5.82 Å². The van der Waals surface area contributed by atoms with Crippen molar-refractivity contribution in [2.75, 3.05) is 19.7 Å². The number of hydrogen-bond acceptors (Lipinski definition) is 4. The van der Waals surface area contributed by atoms with E-state index >= 15 is 0 Å². The SMILES string of the molecule is CC(CNC(=O)[C@H]1NCCO[C@@H]1C)Oc1cccc(F)c1. The van der Waals surface area contributed by atoms with Crippen LogP contribution < -0.4 is 15.4 Å². The van der Waals surface area contributed by atoms with Crippen LogP contribution in [0.5, 0.6) is 5.75 Å². The molecular formula is C15H21FN2O3. The fourth-order valence-electron chi connectivity index (χ4n) is 2.20. The molecule has 0 aliphatic carbocycles. The summed E-state index contributed by atoms with van der Waals surface area (Å²) in [6, 6.07) is 5.59. The molecule has 1 saturated heterocycles. The normalized spacial score (nSPS) is 23.4. The van der Waals surface area contributed by atoms with Gasteiger partial charge in [-0.25, -0.2) is 4.39 Å². The molecule has 0 saturated carbocycles. The number of hydrogen-bond donors (Lipinski definition) is 2. The van der Waals surface area contributed by atoms with Crippen LogP contribution in [0.4, 0.5) is 4.39 Å². The predicted molar refractivity (Wildman–Crippen MR) is 76.7 cm³/mol. The van der Waals surface area contributed by atoms with Crippen molar-refractivity contribution in [3.05, 3.63) is 30.1 Å². The van der Waals surface area contributed by atoms with E-state index in [-0.39, 0.29) is 30.0 Å². The quantitative estimate of drug-likeness (QED) is 0.854. The van der Waals surface area contributed by atoms with Crippen molar-refractivity contribution < 1.29 is 18.7 Å². The monoisotopic (exact) mass is 296 g/mol. The highest BCUT2D eigenvalue weighted by molar-refractivity contribution is 5.82. The molecule has 0 aromatic heterocycles. The van der Waals surface area contributed by atoms with Crippen LogP contribution in [0.25, 0.3) is 0 Å². The summed E-state index contributed by atoms with van der Waals surface area (Å²) < 4.78 is 24.0. The molecule has 1 aliphatic heterocycles. The number of amides is 1. The molecule has 21 heavy (non-hydrogen) atoms. The minimum atomic E-state index is -0.347. The lowest BCUT2D eigenvalue weighted by Crippen LogP contribution is -2.56. The molecule has 1 heterocycles. The average Bonchev–Trinajstić information content (AvgIpc) is 2.45. The van der Waals surface area contributed by atoms with E-state index < -0.39 is 0 Å². The Balaban J connectivity index is 1.78. The minimum Gasteiger partial charge on any atom is -0.489 e. The maximum Gasteiger partial charge on any atom is 0.239 e. The van der Waals surface area contributed by atoms with Crippen LogP contribution >= 0.6 is 0 Å². The van der Waals surface area contributed by atoms with Crippen LogP contribution in [0.2, 0.25) is 0 Å². The third kappa shape index (κ3) is 4.68. The third-order valence-corrected chi connectivity index (χ3v) is 3.30. The molecule has 0 bridgehead atoms. The number of benzene rings is 1. The first-order valence-electron chi connectivity index (χ1n) is 7.11. The summed E-state index contributed by atoms with van der Waals surface area (Å²) in [6.07, 6.45) is -0.409. The lowest BCUT2D eigenvalue weighted by molar-refractivity contribution is -0.129. The number of halogens is 1. The summed E-state index contributed by atoms with van der Waals surface area (Å²) in [7, 11) is 0. The number of morpholine rings is 1. The van der Waals surface area contributed by atoms with Gasteiger partial charge < -0.3 is 20.1 Å².